The molecule has 2 aromatic heterocycles. The maximum Gasteiger partial charge on any atom is 0.259 e. The lowest BCUT2D eigenvalue weighted by atomic mass is 9.99. The van der Waals surface area contributed by atoms with Crippen molar-refractivity contribution in [2.45, 2.75) is 41.1 Å². The van der Waals surface area contributed by atoms with E-state index in [-0.39, 0.29) is 34.8 Å². The fourth-order valence-corrected chi connectivity index (χ4v) is 14.1. The van der Waals surface area contributed by atoms with Gasteiger partial charge in [-0.25, -0.2) is 26.8 Å². The zero-order valence-electron chi connectivity index (χ0n) is 42.0. The van der Waals surface area contributed by atoms with Crippen LogP contribution in [-0.2, 0) is 40.8 Å². The second-order valence-electron chi connectivity index (χ2n) is 18.4. The Morgan fingerprint density at radius 2 is 1.03 bits per heavy atom. The summed E-state index contributed by atoms with van der Waals surface area (Å²) in [6.07, 6.45) is 8.89. The Labute approximate surface area is 451 Å². The van der Waals surface area contributed by atoms with E-state index < -0.39 is 32.1 Å². The summed E-state index contributed by atoms with van der Waals surface area (Å²) in [5.41, 5.74) is 6.20. The SMILES string of the molecule is COCCN1C(=O)/C(=C/c2ncc(CCCCN3C(=O)/C(=C/c4nccs4)c4cc(S(=O)(=O)N(C)C(c5ccccc5)c5ccccc5)ccc43)s2)c2cc(S(=O)(=O)N(C)C(c3ccccc3)c3ccccc3)ccc21. The van der Waals surface area contributed by atoms with E-state index >= 15 is 0 Å². The van der Waals surface area contributed by atoms with Gasteiger partial charge in [-0.15, -0.1) is 22.7 Å². The minimum Gasteiger partial charge on any atom is -0.383 e. The van der Waals surface area contributed by atoms with Crippen LogP contribution < -0.4 is 9.80 Å². The van der Waals surface area contributed by atoms with Crippen LogP contribution in [0.25, 0.3) is 23.3 Å². The monoisotopic (exact) mass is 1090 g/mol. The average molecular weight is 1090 g/mol. The van der Waals surface area contributed by atoms with Crippen molar-refractivity contribution in [1.29, 1.82) is 0 Å². The number of amides is 2. The summed E-state index contributed by atoms with van der Waals surface area (Å²) < 4.78 is 66.5. The summed E-state index contributed by atoms with van der Waals surface area (Å²) in [5, 5.41) is 3.05. The highest BCUT2D eigenvalue weighted by Gasteiger charge is 2.38. The minimum atomic E-state index is -4.10. The predicted molar refractivity (Wildman–Crippen MR) is 302 cm³/mol. The Bertz CT molecular complexity index is 3590. The van der Waals surface area contributed by atoms with Crippen LogP contribution in [0.2, 0.25) is 0 Å². The molecule has 8 aromatic rings. The zero-order chi connectivity index (χ0) is 53.0. The van der Waals surface area contributed by atoms with Crippen molar-refractivity contribution in [3.05, 3.63) is 224 Å². The van der Waals surface area contributed by atoms with Crippen molar-refractivity contribution < 1.29 is 31.2 Å². The first kappa shape index (κ1) is 52.2. The number of fused-ring (bicyclic) bond motifs is 2. The number of hydrogen-bond donors (Lipinski definition) is 0. The molecule has 4 heterocycles. The molecule has 0 spiro atoms. The van der Waals surface area contributed by atoms with E-state index in [1.54, 1.807) is 91.9 Å². The number of benzene rings is 6. The molecular formula is C59H54N6O7S4. The van der Waals surface area contributed by atoms with Gasteiger partial charge in [-0.3, -0.25) is 9.59 Å². The van der Waals surface area contributed by atoms with Crippen molar-refractivity contribution in [1.82, 2.24) is 18.6 Å². The molecule has 2 aliphatic rings. The fraction of sp³-hybridized carbons (Fsp3) is 0.186. The summed E-state index contributed by atoms with van der Waals surface area (Å²) in [7, 11) is -3.46. The van der Waals surface area contributed by atoms with E-state index in [1.165, 1.54) is 31.3 Å². The number of ether oxygens (including phenoxy) is 1. The second-order valence-corrected chi connectivity index (χ2v) is 24.4. The number of thiazole rings is 2. The Hall–Kier alpha value is -7.22. The molecule has 2 amide bonds. The number of aromatic nitrogens is 2. The molecule has 13 nitrogen and oxygen atoms in total. The number of methoxy groups -OCH3 is 1. The molecule has 0 saturated heterocycles. The third-order valence-electron chi connectivity index (χ3n) is 13.7. The third kappa shape index (κ3) is 10.5. The Balaban J connectivity index is 0.869. The topological polar surface area (TPSA) is 150 Å². The molecule has 6 aromatic carbocycles. The van der Waals surface area contributed by atoms with Gasteiger partial charge in [-0.2, -0.15) is 8.61 Å². The van der Waals surface area contributed by atoms with Gasteiger partial charge in [0.1, 0.15) is 10.0 Å². The number of unbranched alkanes of at least 4 members (excludes halogenated alkanes) is 1. The van der Waals surface area contributed by atoms with Gasteiger partial charge in [0, 0.05) is 68.1 Å². The van der Waals surface area contributed by atoms with Crippen LogP contribution in [0.1, 0.15) is 73.2 Å². The van der Waals surface area contributed by atoms with Crippen molar-refractivity contribution in [3.63, 3.8) is 0 Å². The van der Waals surface area contributed by atoms with Gasteiger partial charge >= 0.3 is 0 Å². The lowest BCUT2D eigenvalue weighted by molar-refractivity contribution is -0.113. The maximum atomic E-state index is 14.6. The molecule has 2 aliphatic heterocycles. The van der Waals surface area contributed by atoms with Gasteiger partial charge in [-0.05, 0) is 90.1 Å². The van der Waals surface area contributed by atoms with Gasteiger partial charge in [0.2, 0.25) is 20.0 Å². The number of nitrogens with zero attached hydrogens (tertiary/aromatic N) is 6. The number of carbonyl (C=O) groups excluding carboxylic acids is 2. The Morgan fingerprint density at radius 3 is 1.46 bits per heavy atom. The number of hydrogen-bond acceptors (Lipinski definition) is 11. The first-order valence-electron chi connectivity index (χ1n) is 24.7. The summed E-state index contributed by atoms with van der Waals surface area (Å²) in [6.45, 7) is 0.932. The van der Waals surface area contributed by atoms with E-state index in [9.17, 15) is 26.4 Å². The number of rotatable bonds is 20. The molecule has 10 rings (SSSR count). The van der Waals surface area contributed by atoms with E-state index in [0.717, 1.165) is 27.1 Å². The van der Waals surface area contributed by atoms with Gasteiger partial charge in [0.25, 0.3) is 11.8 Å². The van der Waals surface area contributed by atoms with Crippen molar-refractivity contribution >= 4 is 89.2 Å². The predicted octanol–water partition coefficient (Wildman–Crippen LogP) is 10.9. The quantitative estimate of drug-likeness (QED) is 0.0537. The highest BCUT2D eigenvalue weighted by Crippen LogP contribution is 2.43. The summed E-state index contributed by atoms with van der Waals surface area (Å²) in [4.78, 5) is 42.0. The molecule has 0 radical (unpaired) electrons. The smallest absolute Gasteiger partial charge is 0.259 e. The number of aryl methyl sites for hydroxylation is 1. The van der Waals surface area contributed by atoms with Crippen molar-refractivity contribution in [2.24, 2.45) is 0 Å². The lowest BCUT2D eigenvalue weighted by Gasteiger charge is -2.28. The van der Waals surface area contributed by atoms with Crippen LogP contribution in [0.5, 0.6) is 0 Å². The van der Waals surface area contributed by atoms with Crippen LogP contribution in [0, 0.1) is 0 Å². The minimum absolute atomic E-state index is 0.0523. The third-order valence-corrected chi connectivity index (χ3v) is 19.1. The first-order valence-corrected chi connectivity index (χ1v) is 29.3. The molecule has 0 saturated carbocycles. The van der Waals surface area contributed by atoms with E-state index in [1.807, 2.05) is 127 Å². The first-order chi connectivity index (χ1) is 36.8. The zero-order valence-corrected chi connectivity index (χ0v) is 45.2. The van der Waals surface area contributed by atoms with Crippen LogP contribution >= 0.6 is 22.7 Å². The molecule has 386 valence electrons. The lowest BCUT2D eigenvalue weighted by Crippen LogP contribution is -2.32. The van der Waals surface area contributed by atoms with Gasteiger partial charge in [-0.1, -0.05) is 121 Å². The van der Waals surface area contributed by atoms with Crippen molar-refractivity contribution in [2.75, 3.05) is 50.7 Å². The van der Waals surface area contributed by atoms with Crippen molar-refractivity contribution in [3.8, 4) is 0 Å². The van der Waals surface area contributed by atoms with Gasteiger partial charge < -0.3 is 14.5 Å². The normalized spacial score (nSPS) is 14.8. The van der Waals surface area contributed by atoms with Crippen LogP contribution in [0.15, 0.2) is 185 Å². The summed E-state index contributed by atoms with van der Waals surface area (Å²) >= 11 is 2.83. The molecule has 0 atom stereocenters. The summed E-state index contributed by atoms with van der Waals surface area (Å²) in [5.74, 6) is -0.514. The van der Waals surface area contributed by atoms with Gasteiger partial charge in [0.15, 0.2) is 0 Å². The molecule has 0 bridgehead atoms. The number of carbonyl (C=O) groups is 2. The molecule has 17 heteroatoms. The largest absolute Gasteiger partial charge is 0.383 e. The fourth-order valence-electron chi connectivity index (χ4n) is 9.90. The second kappa shape index (κ2) is 22.5. The highest BCUT2D eigenvalue weighted by molar-refractivity contribution is 7.89. The Kier molecular flexibility index (Phi) is 15.5. The van der Waals surface area contributed by atoms with E-state index in [2.05, 4.69) is 9.97 Å². The van der Waals surface area contributed by atoms with Crippen LogP contribution in [0.3, 0.4) is 0 Å². The molecule has 0 N–H and O–H groups in total. The Morgan fingerprint density at radius 1 is 0.579 bits per heavy atom. The molecule has 0 aliphatic carbocycles. The average Bonchev–Trinajstić information content (AvgIpc) is 4.25. The van der Waals surface area contributed by atoms with E-state index in [0.29, 0.717) is 69.5 Å². The summed E-state index contributed by atoms with van der Waals surface area (Å²) in [6, 6.07) is 46.6. The van der Waals surface area contributed by atoms with Crippen LogP contribution in [0.4, 0.5) is 11.4 Å². The molecule has 0 unspecified atom stereocenters. The number of anilines is 2. The molecular weight excluding hydrogens is 1030 g/mol. The molecule has 0 fully saturated rings. The maximum absolute atomic E-state index is 14.6. The standard InChI is InChI=1S/C59H54N6O7S4/c1-62(56(41-18-8-4-9-19-41)42-20-10-5-11-21-42)75(68,69)46-27-29-52-48(36-46)50(38-54-60-31-35-73-54)58(66)64(52)32-17-16-26-45-40-61-55(74-45)39-51-49-37-47(28-30-53(49)65(59(51)67)33-34-72-3)76(70,71)63(2)57(43-22-12-6-13-23-43)44-24-14-7-15-25-44/h4-15,18-25,27-31,35-40,56-57H,16-17,26,32-34H2,1-3H3/b50-38+,51-39+. The number of sulfonamides is 2. The van der Waals surface area contributed by atoms with Crippen LogP contribution in [-0.4, -0.2) is 88.1 Å². The van der Waals surface area contributed by atoms with Gasteiger partial charge in [0.05, 0.1) is 51.0 Å². The van der Waals surface area contributed by atoms with E-state index in [4.69, 9.17) is 4.74 Å². The highest BCUT2D eigenvalue weighted by atomic mass is 32.2. The molecule has 76 heavy (non-hydrogen) atoms.